The lowest BCUT2D eigenvalue weighted by atomic mass is 10.7. The normalized spacial score (nSPS) is 10.8. The lowest BCUT2D eigenvalue weighted by molar-refractivity contribution is 1.29. The van der Waals surface area contributed by atoms with Gasteiger partial charge in [0.1, 0.15) is 6.54 Å². The molecule has 44 valence electrons. The molecule has 0 radical (unpaired) electrons. The minimum absolute atomic E-state index is 0.382. The molecule has 0 aromatic rings. The fourth-order valence-electron chi connectivity index (χ4n) is 0.188. The van der Waals surface area contributed by atoms with Crippen molar-refractivity contribution < 1.29 is 0 Å². The van der Waals surface area contributed by atoms with E-state index < -0.39 is 0 Å². The van der Waals surface area contributed by atoms with E-state index in [1.807, 2.05) is 6.26 Å². The lowest BCUT2D eigenvalue weighted by Crippen LogP contribution is -2.05. The van der Waals surface area contributed by atoms with Gasteiger partial charge in [0.15, 0.2) is 5.17 Å². The number of aliphatic imine (C=N–C) groups is 1. The third kappa shape index (κ3) is 3.57. The summed E-state index contributed by atoms with van der Waals surface area (Å²) in [5.74, 6) is 2.35. The van der Waals surface area contributed by atoms with Crippen LogP contribution in [0.25, 0.3) is 0 Å². The molecule has 0 aliphatic heterocycles. The van der Waals surface area contributed by atoms with E-state index in [9.17, 15) is 0 Å². The largest absolute Gasteiger partial charge is 0.379 e. The molecule has 0 spiro atoms. The first kappa shape index (κ1) is 7.38. The van der Waals surface area contributed by atoms with Crippen molar-refractivity contribution in [1.82, 2.24) is 0 Å². The van der Waals surface area contributed by atoms with Gasteiger partial charge in [-0.1, -0.05) is 17.7 Å². The van der Waals surface area contributed by atoms with E-state index in [1.54, 1.807) is 0 Å². The number of nitrogens with zero attached hydrogens (tertiary/aromatic N) is 1. The van der Waals surface area contributed by atoms with Crippen LogP contribution in [0.15, 0.2) is 4.99 Å². The molecule has 2 nitrogen and oxygen atoms in total. The Morgan fingerprint density at radius 3 is 3.00 bits per heavy atom. The molecule has 0 saturated heterocycles. The Bertz CT molecular complexity index is 123. The number of terminal acetylenes is 1. The van der Waals surface area contributed by atoms with Gasteiger partial charge in [-0.05, 0) is 6.26 Å². The Morgan fingerprint density at radius 1 is 2.00 bits per heavy atom. The molecular formula is C5H8N2S. The third-order valence-electron chi connectivity index (χ3n) is 0.535. The van der Waals surface area contributed by atoms with Crippen molar-refractivity contribution in [2.75, 3.05) is 12.8 Å². The number of hydrogen-bond acceptors (Lipinski definition) is 2. The van der Waals surface area contributed by atoms with Gasteiger partial charge < -0.3 is 5.73 Å². The Hall–Kier alpha value is -0.620. The predicted octanol–water partition coefficient (Wildman–Crippen LogP) is 0.297. The van der Waals surface area contributed by atoms with Crippen LogP contribution in [0.5, 0.6) is 0 Å². The van der Waals surface area contributed by atoms with Gasteiger partial charge in [-0.2, -0.15) is 0 Å². The number of amidine groups is 1. The van der Waals surface area contributed by atoms with Crippen molar-refractivity contribution in [3.63, 3.8) is 0 Å². The standard InChI is InChI=1S/C5H8N2S/c1-3-4-7-5(6)8-2/h1H,4H2,2H3,(H2,6,7). The van der Waals surface area contributed by atoms with Gasteiger partial charge in [0, 0.05) is 0 Å². The fraction of sp³-hybridized carbons (Fsp3) is 0.400. The summed E-state index contributed by atoms with van der Waals surface area (Å²) in [4.78, 5) is 3.78. The van der Waals surface area contributed by atoms with Gasteiger partial charge in [0.05, 0.1) is 0 Å². The van der Waals surface area contributed by atoms with Gasteiger partial charge in [-0.25, -0.2) is 4.99 Å². The molecule has 0 unspecified atom stereocenters. The van der Waals surface area contributed by atoms with Crippen molar-refractivity contribution in [2.24, 2.45) is 10.7 Å². The first-order chi connectivity index (χ1) is 3.81. The maximum atomic E-state index is 5.28. The summed E-state index contributed by atoms with van der Waals surface area (Å²) >= 11 is 1.40. The summed E-state index contributed by atoms with van der Waals surface area (Å²) in [5, 5.41) is 0.544. The van der Waals surface area contributed by atoms with Crippen molar-refractivity contribution >= 4 is 16.9 Å². The maximum absolute atomic E-state index is 5.28. The summed E-state index contributed by atoms with van der Waals surface area (Å²) in [6.45, 7) is 0.382. The SMILES string of the molecule is C#CCN=C(N)SC. The number of thioether (sulfide) groups is 1. The van der Waals surface area contributed by atoms with Crippen molar-refractivity contribution in [1.29, 1.82) is 0 Å². The molecule has 8 heavy (non-hydrogen) atoms. The molecule has 0 fully saturated rings. The summed E-state index contributed by atoms with van der Waals surface area (Å²) in [5.41, 5.74) is 5.28. The molecule has 0 aromatic heterocycles. The van der Waals surface area contributed by atoms with Crippen LogP contribution in [0.4, 0.5) is 0 Å². The highest BCUT2D eigenvalue weighted by Gasteiger charge is 1.80. The van der Waals surface area contributed by atoms with Crippen molar-refractivity contribution in [2.45, 2.75) is 0 Å². The van der Waals surface area contributed by atoms with E-state index in [0.717, 1.165) is 0 Å². The topological polar surface area (TPSA) is 38.4 Å². The Morgan fingerprint density at radius 2 is 2.62 bits per heavy atom. The van der Waals surface area contributed by atoms with Crippen molar-refractivity contribution in [3.8, 4) is 12.3 Å². The van der Waals surface area contributed by atoms with Crippen molar-refractivity contribution in [3.05, 3.63) is 0 Å². The third-order valence-corrected chi connectivity index (χ3v) is 1.08. The first-order valence-electron chi connectivity index (χ1n) is 2.08. The summed E-state index contributed by atoms with van der Waals surface area (Å²) in [6.07, 6.45) is 6.77. The van der Waals surface area contributed by atoms with Crippen LogP contribution < -0.4 is 5.73 Å². The molecule has 0 aliphatic rings. The summed E-state index contributed by atoms with van der Waals surface area (Å²) in [6, 6.07) is 0. The summed E-state index contributed by atoms with van der Waals surface area (Å²) < 4.78 is 0. The lowest BCUT2D eigenvalue weighted by Gasteiger charge is -1.88. The minimum atomic E-state index is 0.382. The number of rotatable bonds is 1. The van der Waals surface area contributed by atoms with E-state index in [1.165, 1.54) is 11.8 Å². The molecule has 0 aromatic carbocycles. The number of hydrogen-bond donors (Lipinski definition) is 1. The van der Waals surface area contributed by atoms with Gasteiger partial charge >= 0.3 is 0 Å². The monoisotopic (exact) mass is 128 g/mol. The quantitative estimate of drug-likeness (QED) is 0.313. The van der Waals surface area contributed by atoms with Crippen LogP contribution >= 0.6 is 11.8 Å². The highest BCUT2D eigenvalue weighted by atomic mass is 32.2. The van der Waals surface area contributed by atoms with Crippen LogP contribution in [0.3, 0.4) is 0 Å². The van der Waals surface area contributed by atoms with E-state index in [-0.39, 0.29) is 0 Å². The minimum Gasteiger partial charge on any atom is -0.379 e. The molecule has 0 rings (SSSR count). The molecule has 0 aliphatic carbocycles. The van der Waals surface area contributed by atoms with Crippen LogP contribution in [-0.4, -0.2) is 18.0 Å². The molecule has 3 heteroatoms. The van der Waals surface area contributed by atoms with Gasteiger partial charge in [0.25, 0.3) is 0 Å². The zero-order chi connectivity index (χ0) is 6.41. The second-order valence-electron chi connectivity index (χ2n) is 1.06. The van der Waals surface area contributed by atoms with Crippen LogP contribution in [0.1, 0.15) is 0 Å². The molecule has 0 atom stereocenters. The van der Waals surface area contributed by atoms with E-state index in [2.05, 4.69) is 10.9 Å². The average Bonchev–Trinajstić information content (AvgIpc) is 1.83. The van der Waals surface area contributed by atoms with Crippen LogP contribution in [0, 0.1) is 12.3 Å². The van der Waals surface area contributed by atoms with Crippen LogP contribution in [0.2, 0.25) is 0 Å². The molecule has 0 bridgehead atoms. The van der Waals surface area contributed by atoms with Gasteiger partial charge in [-0.3, -0.25) is 0 Å². The predicted molar refractivity (Wildman–Crippen MR) is 38.8 cm³/mol. The highest BCUT2D eigenvalue weighted by molar-refractivity contribution is 8.13. The highest BCUT2D eigenvalue weighted by Crippen LogP contribution is 1.88. The van der Waals surface area contributed by atoms with Gasteiger partial charge in [-0.15, -0.1) is 6.42 Å². The molecule has 2 N–H and O–H groups in total. The first-order valence-corrected chi connectivity index (χ1v) is 3.31. The zero-order valence-electron chi connectivity index (χ0n) is 4.72. The Kier molecular flexibility index (Phi) is 4.19. The Balaban J connectivity index is 3.45. The molecular weight excluding hydrogens is 120 g/mol. The Labute approximate surface area is 53.6 Å². The zero-order valence-corrected chi connectivity index (χ0v) is 5.53. The average molecular weight is 128 g/mol. The van der Waals surface area contributed by atoms with E-state index in [4.69, 9.17) is 12.2 Å². The van der Waals surface area contributed by atoms with E-state index in [0.29, 0.717) is 11.7 Å². The number of nitrogens with two attached hydrogens (primary N) is 1. The smallest absolute Gasteiger partial charge is 0.154 e. The molecule has 0 saturated carbocycles. The second kappa shape index (κ2) is 4.54. The van der Waals surface area contributed by atoms with Gasteiger partial charge in [0.2, 0.25) is 0 Å². The summed E-state index contributed by atoms with van der Waals surface area (Å²) in [7, 11) is 0. The molecule has 0 heterocycles. The van der Waals surface area contributed by atoms with Crippen LogP contribution in [-0.2, 0) is 0 Å². The fourth-order valence-corrected chi connectivity index (χ4v) is 0.382. The maximum Gasteiger partial charge on any atom is 0.154 e. The second-order valence-corrected chi connectivity index (χ2v) is 1.89. The van der Waals surface area contributed by atoms with E-state index >= 15 is 0 Å². The molecule has 0 amide bonds.